The molecule has 132 valence electrons. The van der Waals surface area contributed by atoms with Gasteiger partial charge in [-0.05, 0) is 38.5 Å². The highest BCUT2D eigenvalue weighted by Gasteiger charge is 2.19. The van der Waals surface area contributed by atoms with Gasteiger partial charge in [0.2, 0.25) is 0 Å². The summed E-state index contributed by atoms with van der Waals surface area (Å²) in [4.78, 5) is 12.1. The van der Waals surface area contributed by atoms with Crippen LogP contribution in [0.1, 0.15) is 25.1 Å². The van der Waals surface area contributed by atoms with Gasteiger partial charge in [-0.1, -0.05) is 12.1 Å². The van der Waals surface area contributed by atoms with E-state index in [2.05, 4.69) is 20.6 Å². The molecular weight excluding hydrogens is 325 g/mol. The molecule has 1 aromatic carbocycles. The Morgan fingerprint density at radius 3 is 2.80 bits per heavy atom. The van der Waals surface area contributed by atoms with E-state index in [1.165, 1.54) is 12.1 Å². The number of halogens is 1. The third-order valence-corrected chi connectivity index (χ3v) is 3.90. The van der Waals surface area contributed by atoms with E-state index in [1.54, 1.807) is 23.7 Å². The van der Waals surface area contributed by atoms with Crippen LogP contribution >= 0.6 is 0 Å². The first-order valence-corrected chi connectivity index (χ1v) is 8.08. The molecule has 7 nitrogen and oxygen atoms in total. The van der Waals surface area contributed by atoms with Gasteiger partial charge >= 0.3 is 0 Å². The fourth-order valence-electron chi connectivity index (χ4n) is 2.65. The topological polar surface area (TPSA) is 84.8 Å². The summed E-state index contributed by atoms with van der Waals surface area (Å²) >= 11 is 0. The van der Waals surface area contributed by atoms with E-state index < -0.39 is 6.10 Å². The van der Waals surface area contributed by atoms with Crippen molar-refractivity contribution in [3.63, 3.8) is 0 Å². The van der Waals surface area contributed by atoms with Crippen LogP contribution in [0.25, 0.3) is 11.0 Å². The van der Waals surface area contributed by atoms with Crippen LogP contribution in [0.15, 0.2) is 24.3 Å². The van der Waals surface area contributed by atoms with Gasteiger partial charge in [0.25, 0.3) is 5.91 Å². The number of nitrogens with one attached hydrogen (secondary N) is 2. The second-order valence-electron chi connectivity index (χ2n) is 5.75. The van der Waals surface area contributed by atoms with Gasteiger partial charge in [0.1, 0.15) is 17.7 Å². The maximum Gasteiger partial charge on any atom is 0.254 e. The lowest BCUT2D eigenvalue weighted by atomic mass is 10.2. The van der Waals surface area contributed by atoms with Crippen LogP contribution in [-0.2, 0) is 16.1 Å². The van der Waals surface area contributed by atoms with E-state index in [-0.39, 0.29) is 11.7 Å². The normalized spacial score (nSPS) is 12.5. The van der Waals surface area contributed by atoms with Crippen molar-refractivity contribution in [1.29, 1.82) is 0 Å². The fraction of sp³-hybridized carbons (Fsp3) is 0.353. The molecule has 8 heteroatoms. The van der Waals surface area contributed by atoms with Crippen LogP contribution in [0.4, 0.5) is 10.2 Å². The first kappa shape index (κ1) is 17.1. The molecule has 25 heavy (non-hydrogen) atoms. The second-order valence-corrected chi connectivity index (χ2v) is 5.75. The zero-order valence-corrected chi connectivity index (χ0v) is 14.3. The third kappa shape index (κ3) is 3.53. The highest BCUT2D eigenvalue weighted by Crippen LogP contribution is 2.24. The van der Waals surface area contributed by atoms with Gasteiger partial charge in [-0.15, -0.1) is 0 Å². The van der Waals surface area contributed by atoms with Gasteiger partial charge in [0.05, 0.1) is 17.6 Å². The Labute approximate surface area is 144 Å². The Morgan fingerprint density at radius 1 is 1.40 bits per heavy atom. The third-order valence-electron chi connectivity index (χ3n) is 3.90. The molecule has 0 saturated carbocycles. The van der Waals surface area contributed by atoms with Crippen LogP contribution in [0.5, 0.6) is 0 Å². The average molecular weight is 345 g/mol. The summed E-state index contributed by atoms with van der Waals surface area (Å²) in [5.74, 6) is -0.0359. The van der Waals surface area contributed by atoms with Crippen LogP contribution in [0.3, 0.4) is 0 Å². The monoisotopic (exact) mass is 345 g/mol. The number of hydrogen-bond acceptors (Lipinski definition) is 4. The van der Waals surface area contributed by atoms with Crippen LogP contribution in [0, 0.1) is 12.7 Å². The van der Waals surface area contributed by atoms with E-state index in [0.717, 1.165) is 16.6 Å². The number of carbonyl (C=O) groups is 1. The first-order chi connectivity index (χ1) is 12.0. The van der Waals surface area contributed by atoms with Crippen LogP contribution in [-0.4, -0.2) is 38.6 Å². The molecule has 0 fully saturated rings. The van der Waals surface area contributed by atoms with Crippen molar-refractivity contribution in [2.45, 2.75) is 33.4 Å². The Balaban J connectivity index is 1.85. The fourth-order valence-corrected chi connectivity index (χ4v) is 2.65. The summed E-state index contributed by atoms with van der Waals surface area (Å²) in [7, 11) is 0. The van der Waals surface area contributed by atoms with Gasteiger partial charge < -0.3 is 10.1 Å². The molecule has 3 rings (SSSR count). The van der Waals surface area contributed by atoms with Gasteiger partial charge in [-0.2, -0.15) is 10.2 Å². The molecule has 0 aliphatic rings. The summed E-state index contributed by atoms with van der Waals surface area (Å²) in [6, 6.07) is 6.23. The summed E-state index contributed by atoms with van der Waals surface area (Å²) < 4.78 is 20.0. The highest BCUT2D eigenvalue weighted by atomic mass is 19.1. The minimum Gasteiger partial charge on any atom is -0.369 e. The lowest BCUT2D eigenvalue weighted by molar-refractivity contribution is -0.126. The Morgan fingerprint density at radius 2 is 2.12 bits per heavy atom. The average Bonchev–Trinajstić information content (AvgIpc) is 3.12. The van der Waals surface area contributed by atoms with Crippen molar-refractivity contribution in [1.82, 2.24) is 20.0 Å². The summed E-state index contributed by atoms with van der Waals surface area (Å²) in [6.45, 7) is 6.29. The number of fused-ring (bicyclic) bond motifs is 1. The van der Waals surface area contributed by atoms with E-state index >= 15 is 0 Å². The van der Waals surface area contributed by atoms with E-state index in [1.807, 2.05) is 13.8 Å². The minimum atomic E-state index is -0.557. The summed E-state index contributed by atoms with van der Waals surface area (Å²) in [5, 5.41) is 15.1. The largest absolute Gasteiger partial charge is 0.369 e. The smallest absolute Gasteiger partial charge is 0.254 e. The zero-order chi connectivity index (χ0) is 18.0. The minimum absolute atomic E-state index is 0.252. The Kier molecular flexibility index (Phi) is 4.80. The number of H-pyrrole nitrogens is 1. The molecule has 2 aromatic heterocycles. The lowest BCUT2D eigenvalue weighted by Gasteiger charge is -2.10. The SMILES string of the molecule is CCOC(C)C(=O)Nc1[nH]nc2c1c(C)nn2Cc1ccc(F)cc1. The van der Waals surface area contributed by atoms with Crippen LogP contribution < -0.4 is 5.32 Å². The first-order valence-electron chi connectivity index (χ1n) is 8.08. The quantitative estimate of drug-likeness (QED) is 0.719. The Bertz CT molecular complexity index is 884. The molecule has 0 aliphatic heterocycles. The standard InChI is InChI=1S/C17H20FN5O2/c1-4-25-11(3)17(24)19-15-14-10(2)22-23(16(14)21-20-15)9-12-5-7-13(18)8-6-12/h5-8,11H,4,9H2,1-3H3,(H2,19,20,21,24). The number of anilines is 1. The van der Waals surface area contributed by atoms with Gasteiger partial charge in [0.15, 0.2) is 5.65 Å². The van der Waals surface area contributed by atoms with Crippen molar-refractivity contribution in [2.75, 3.05) is 11.9 Å². The second kappa shape index (κ2) is 7.02. The molecule has 0 bridgehead atoms. The number of carbonyl (C=O) groups excluding carboxylic acids is 1. The molecule has 0 radical (unpaired) electrons. The van der Waals surface area contributed by atoms with E-state index in [0.29, 0.717) is 24.6 Å². The summed E-state index contributed by atoms with van der Waals surface area (Å²) in [6.07, 6.45) is -0.557. The molecule has 1 unspecified atom stereocenters. The van der Waals surface area contributed by atoms with Gasteiger partial charge in [-0.3, -0.25) is 9.89 Å². The maximum atomic E-state index is 13.0. The lowest BCUT2D eigenvalue weighted by Crippen LogP contribution is -2.27. The molecule has 0 saturated heterocycles. The van der Waals surface area contributed by atoms with Crippen molar-refractivity contribution < 1.29 is 13.9 Å². The van der Waals surface area contributed by atoms with Gasteiger partial charge in [-0.25, -0.2) is 9.07 Å². The van der Waals surface area contributed by atoms with Crippen LogP contribution in [0.2, 0.25) is 0 Å². The molecule has 1 amide bonds. The number of nitrogens with zero attached hydrogens (tertiary/aromatic N) is 3. The number of aromatic nitrogens is 4. The number of aromatic amines is 1. The molecular formula is C17H20FN5O2. The predicted octanol–water partition coefficient (Wildman–Crippen LogP) is 2.62. The van der Waals surface area contributed by atoms with Crippen molar-refractivity contribution >= 4 is 22.8 Å². The van der Waals surface area contributed by atoms with Crippen molar-refractivity contribution in [2.24, 2.45) is 0 Å². The van der Waals surface area contributed by atoms with Crippen molar-refractivity contribution in [3.05, 3.63) is 41.3 Å². The molecule has 2 N–H and O–H groups in total. The number of benzene rings is 1. The molecule has 0 aliphatic carbocycles. The summed E-state index contributed by atoms with van der Waals surface area (Å²) in [5.41, 5.74) is 2.27. The van der Waals surface area contributed by atoms with Crippen molar-refractivity contribution in [3.8, 4) is 0 Å². The molecule has 0 spiro atoms. The highest BCUT2D eigenvalue weighted by molar-refractivity contribution is 6.01. The number of amides is 1. The van der Waals surface area contributed by atoms with Gasteiger partial charge in [0, 0.05) is 6.61 Å². The van der Waals surface area contributed by atoms with E-state index in [4.69, 9.17) is 4.74 Å². The molecule has 1 atom stereocenters. The zero-order valence-electron chi connectivity index (χ0n) is 14.3. The number of hydrogen-bond donors (Lipinski definition) is 2. The number of ether oxygens (including phenoxy) is 1. The maximum absolute atomic E-state index is 13.0. The number of aryl methyl sites for hydroxylation is 1. The Hall–Kier alpha value is -2.74. The molecule has 3 aromatic rings. The predicted molar refractivity (Wildman–Crippen MR) is 91.8 cm³/mol. The van der Waals surface area contributed by atoms with E-state index in [9.17, 15) is 9.18 Å². The number of rotatable bonds is 6. The molecule has 2 heterocycles.